The molecule has 1 aromatic rings. The van der Waals surface area contributed by atoms with E-state index in [1.165, 1.54) is 6.92 Å². The summed E-state index contributed by atoms with van der Waals surface area (Å²) in [5.41, 5.74) is -0.980. The van der Waals surface area contributed by atoms with Crippen LogP contribution in [0.25, 0.3) is 0 Å². The van der Waals surface area contributed by atoms with Gasteiger partial charge in [-0.05, 0) is 31.4 Å². The summed E-state index contributed by atoms with van der Waals surface area (Å²) in [6.45, 7) is 1.43. The van der Waals surface area contributed by atoms with Crippen molar-refractivity contribution in [3.8, 4) is 0 Å². The number of β-amino-alcohol motifs (C(OH)–C–C–N with tert-alkyl or cyclic N) is 1. The first kappa shape index (κ1) is 15.8. The highest BCUT2D eigenvalue weighted by molar-refractivity contribution is 7.89. The topological polar surface area (TPSA) is 101 Å². The van der Waals surface area contributed by atoms with Crippen LogP contribution in [0.15, 0.2) is 17.0 Å². The minimum atomic E-state index is -3.99. The van der Waals surface area contributed by atoms with Crippen molar-refractivity contribution in [1.29, 1.82) is 0 Å². The number of rotatable bonds is 3. The van der Waals surface area contributed by atoms with Crippen molar-refractivity contribution in [2.24, 2.45) is 0 Å². The summed E-state index contributed by atoms with van der Waals surface area (Å²) >= 11 is 0. The van der Waals surface area contributed by atoms with Crippen LogP contribution in [0.1, 0.15) is 18.4 Å². The van der Waals surface area contributed by atoms with Gasteiger partial charge in [0.2, 0.25) is 15.8 Å². The van der Waals surface area contributed by atoms with Crippen molar-refractivity contribution < 1.29 is 22.8 Å². The third-order valence-corrected chi connectivity index (χ3v) is 5.25. The van der Waals surface area contributed by atoms with Crippen LogP contribution in [0, 0.1) is 22.9 Å². The lowest BCUT2D eigenvalue weighted by molar-refractivity contribution is -0.387. The monoisotopic (exact) mass is 318 g/mol. The van der Waals surface area contributed by atoms with Crippen LogP contribution in [-0.4, -0.2) is 41.9 Å². The third-order valence-electron chi connectivity index (χ3n) is 3.40. The van der Waals surface area contributed by atoms with E-state index >= 15 is 0 Å². The first-order valence-electron chi connectivity index (χ1n) is 6.36. The van der Waals surface area contributed by atoms with Crippen LogP contribution >= 0.6 is 0 Å². The predicted molar refractivity (Wildman–Crippen MR) is 71.8 cm³/mol. The average molecular weight is 318 g/mol. The molecule has 1 aromatic carbocycles. The quantitative estimate of drug-likeness (QED) is 0.666. The minimum absolute atomic E-state index is 0.0629. The number of benzene rings is 1. The maximum absolute atomic E-state index is 13.6. The van der Waals surface area contributed by atoms with Crippen LogP contribution in [0.4, 0.5) is 10.1 Å². The number of nitrogens with zero attached hydrogens (tertiary/aromatic N) is 2. The molecule has 0 saturated carbocycles. The number of sulfonamides is 1. The predicted octanol–water partition coefficient (Wildman–Crippen LogP) is 1.19. The molecule has 1 atom stereocenters. The molecule has 1 N–H and O–H groups in total. The van der Waals surface area contributed by atoms with Crippen LogP contribution in [0.3, 0.4) is 0 Å². The number of aliphatic hydroxyl groups is 1. The van der Waals surface area contributed by atoms with Crippen LogP contribution in [-0.2, 0) is 10.0 Å². The molecule has 0 amide bonds. The zero-order chi connectivity index (χ0) is 15.8. The molecular formula is C12H15FN2O5S. The van der Waals surface area contributed by atoms with Gasteiger partial charge in [-0.1, -0.05) is 0 Å². The summed E-state index contributed by atoms with van der Waals surface area (Å²) in [5.74, 6) is -1.04. The number of hydrogen-bond acceptors (Lipinski definition) is 5. The maximum atomic E-state index is 13.6. The van der Waals surface area contributed by atoms with E-state index in [4.69, 9.17) is 0 Å². The van der Waals surface area contributed by atoms with E-state index in [2.05, 4.69) is 0 Å². The molecule has 9 heteroatoms. The van der Waals surface area contributed by atoms with E-state index in [1.807, 2.05) is 0 Å². The fraction of sp³-hybridized carbons (Fsp3) is 0.500. The van der Waals surface area contributed by atoms with Gasteiger partial charge in [0.15, 0.2) is 0 Å². The third kappa shape index (κ3) is 3.04. The molecule has 1 heterocycles. The van der Waals surface area contributed by atoms with Gasteiger partial charge in [-0.15, -0.1) is 0 Å². The molecule has 116 valence electrons. The van der Waals surface area contributed by atoms with Crippen molar-refractivity contribution in [2.75, 3.05) is 13.1 Å². The molecule has 1 aliphatic heterocycles. The molecule has 0 radical (unpaired) electrons. The molecule has 1 aliphatic rings. The van der Waals surface area contributed by atoms with E-state index in [-0.39, 0.29) is 23.5 Å². The number of aryl methyl sites for hydroxylation is 1. The molecule has 0 aliphatic carbocycles. The van der Waals surface area contributed by atoms with Gasteiger partial charge in [-0.25, -0.2) is 8.42 Å². The van der Waals surface area contributed by atoms with Crippen molar-refractivity contribution in [3.63, 3.8) is 0 Å². The molecule has 1 fully saturated rings. The SMILES string of the molecule is Cc1cc(S(=O)(=O)N2CCCC(O)C2)cc([N+](=O)[O-])c1F. The Morgan fingerprint density at radius 1 is 1.48 bits per heavy atom. The Morgan fingerprint density at radius 3 is 2.71 bits per heavy atom. The van der Waals surface area contributed by atoms with Crippen LogP contribution < -0.4 is 0 Å². The Kier molecular flexibility index (Phi) is 4.26. The molecule has 2 rings (SSSR count). The summed E-state index contributed by atoms with van der Waals surface area (Å²) in [4.78, 5) is 9.52. The van der Waals surface area contributed by atoms with Gasteiger partial charge in [-0.3, -0.25) is 10.1 Å². The summed E-state index contributed by atoms with van der Waals surface area (Å²) in [6, 6.07) is 1.79. The van der Waals surface area contributed by atoms with Crippen LogP contribution in [0.2, 0.25) is 0 Å². The highest BCUT2D eigenvalue weighted by Crippen LogP contribution is 2.28. The number of nitro groups is 1. The van der Waals surface area contributed by atoms with E-state index in [0.717, 1.165) is 16.4 Å². The Labute approximate surface area is 121 Å². The van der Waals surface area contributed by atoms with Crippen molar-refractivity contribution in [2.45, 2.75) is 30.8 Å². The van der Waals surface area contributed by atoms with Gasteiger partial charge < -0.3 is 5.11 Å². The molecule has 7 nitrogen and oxygen atoms in total. The Hall–Kier alpha value is -1.58. The molecule has 0 spiro atoms. The number of hydrogen-bond donors (Lipinski definition) is 1. The molecule has 1 saturated heterocycles. The van der Waals surface area contributed by atoms with Gasteiger partial charge in [0.25, 0.3) is 0 Å². The van der Waals surface area contributed by atoms with Crippen molar-refractivity contribution in [1.82, 2.24) is 4.31 Å². The summed E-state index contributed by atoms with van der Waals surface area (Å²) in [7, 11) is -3.99. The zero-order valence-corrected chi connectivity index (χ0v) is 12.1. The van der Waals surface area contributed by atoms with Gasteiger partial charge in [0.05, 0.1) is 15.9 Å². The molecule has 0 bridgehead atoms. The minimum Gasteiger partial charge on any atom is -0.392 e. The van der Waals surface area contributed by atoms with E-state index in [9.17, 15) is 28.0 Å². The van der Waals surface area contributed by atoms with Crippen LogP contribution in [0.5, 0.6) is 0 Å². The summed E-state index contributed by atoms with van der Waals surface area (Å²) in [6.07, 6.45) is 0.252. The second-order valence-corrected chi connectivity index (χ2v) is 6.93. The summed E-state index contributed by atoms with van der Waals surface area (Å²) < 4.78 is 39.6. The summed E-state index contributed by atoms with van der Waals surface area (Å²) in [5, 5.41) is 20.4. The van der Waals surface area contributed by atoms with E-state index in [1.54, 1.807) is 0 Å². The fourth-order valence-corrected chi connectivity index (χ4v) is 3.91. The molecule has 1 unspecified atom stereocenters. The highest BCUT2D eigenvalue weighted by Gasteiger charge is 2.32. The van der Waals surface area contributed by atoms with Gasteiger partial charge >= 0.3 is 5.69 Å². The van der Waals surface area contributed by atoms with E-state index < -0.39 is 32.6 Å². The smallest absolute Gasteiger partial charge is 0.306 e. The molecule has 21 heavy (non-hydrogen) atoms. The van der Waals surface area contributed by atoms with Crippen molar-refractivity contribution in [3.05, 3.63) is 33.6 Å². The maximum Gasteiger partial charge on any atom is 0.306 e. The number of nitro benzene ring substituents is 1. The Morgan fingerprint density at radius 2 is 2.14 bits per heavy atom. The second-order valence-electron chi connectivity index (χ2n) is 4.99. The number of aliphatic hydroxyl groups excluding tert-OH is 1. The number of halogens is 1. The largest absolute Gasteiger partial charge is 0.392 e. The van der Waals surface area contributed by atoms with Gasteiger partial charge in [0, 0.05) is 19.2 Å². The Balaban J connectivity index is 2.47. The first-order valence-corrected chi connectivity index (χ1v) is 7.80. The molecule has 0 aromatic heterocycles. The lowest BCUT2D eigenvalue weighted by atomic mass is 10.1. The standard InChI is InChI=1S/C12H15FN2O5S/c1-8-5-10(6-11(12(8)13)15(17)18)21(19,20)14-4-2-3-9(16)7-14/h5-6,9,16H,2-4,7H2,1H3. The normalized spacial score (nSPS) is 20.4. The Bertz CT molecular complexity index is 676. The zero-order valence-electron chi connectivity index (χ0n) is 11.3. The van der Waals surface area contributed by atoms with E-state index in [0.29, 0.717) is 12.8 Å². The van der Waals surface area contributed by atoms with Gasteiger partial charge in [0.1, 0.15) is 0 Å². The number of piperidine rings is 1. The van der Waals surface area contributed by atoms with Gasteiger partial charge in [-0.2, -0.15) is 8.70 Å². The molecular weight excluding hydrogens is 303 g/mol. The second kappa shape index (κ2) is 5.66. The average Bonchev–Trinajstić information content (AvgIpc) is 2.41. The van der Waals surface area contributed by atoms with Crippen molar-refractivity contribution >= 4 is 15.7 Å². The first-order chi connectivity index (χ1) is 9.73. The lowest BCUT2D eigenvalue weighted by Gasteiger charge is -2.29. The fourth-order valence-electron chi connectivity index (χ4n) is 2.29. The lowest BCUT2D eigenvalue weighted by Crippen LogP contribution is -2.42. The highest BCUT2D eigenvalue weighted by atomic mass is 32.2.